The van der Waals surface area contributed by atoms with Gasteiger partial charge in [-0.3, -0.25) is 0 Å². The largest absolute Gasteiger partial charge is 0.465 e. The first-order valence-corrected chi connectivity index (χ1v) is 8.14. The second kappa shape index (κ2) is 6.59. The van der Waals surface area contributed by atoms with E-state index in [9.17, 15) is 9.90 Å². The fourth-order valence-corrected chi connectivity index (χ4v) is 3.49. The first kappa shape index (κ1) is 16.7. The Labute approximate surface area is 133 Å². The predicted molar refractivity (Wildman–Crippen MR) is 90.9 cm³/mol. The Kier molecular flexibility index (Phi) is 4.99. The number of rotatable bonds is 3. The molecule has 4 nitrogen and oxygen atoms in total. The highest BCUT2D eigenvalue weighted by molar-refractivity contribution is 5.67. The number of carbonyl (C=O) groups is 1. The van der Waals surface area contributed by atoms with Crippen LogP contribution in [-0.4, -0.2) is 36.7 Å². The number of carboxylic acid groups (broad SMARTS) is 1. The fourth-order valence-electron chi connectivity index (χ4n) is 3.49. The van der Waals surface area contributed by atoms with Crippen LogP contribution < -0.4 is 4.90 Å². The maximum Gasteiger partial charge on any atom is 0.407 e. The average Bonchev–Trinajstić information content (AvgIpc) is 2.46. The van der Waals surface area contributed by atoms with Gasteiger partial charge in [-0.05, 0) is 54.9 Å². The highest BCUT2D eigenvalue weighted by Crippen LogP contribution is 2.38. The second-order valence-corrected chi connectivity index (χ2v) is 6.80. The van der Waals surface area contributed by atoms with Gasteiger partial charge in [0.2, 0.25) is 0 Å². The Hall–Kier alpha value is -1.71. The van der Waals surface area contributed by atoms with E-state index in [2.05, 4.69) is 51.9 Å². The SMILES string of the molecule is Cc1cc(C2CCCCN2C(=O)O)c(C(C)C)cc1N(C)C. The van der Waals surface area contributed by atoms with Crippen LogP contribution in [0.4, 0.5) is 10.5 Å². The molecule has 0 saturated carbocycles. The van der Waals surface area contributed by atoms with Crippen LogP contribution in [0.3, 0.4) is 0 Å². The monoisotopic (exact) mass is 304 g/mol. The van der Waals surface area contributed by atoms with Crippen molar-refractivity contribution in [3.8, 4) is 0 Å². The van der Waals surface area contributed by atoms with Crippen LogP contribution in [-0.2, 0) is 0 Å². The van der Waals surface area contributed by atoms with Crippen molar-refractivity contribution in [2.24, 2.45) is 0 Å². The molecule has 1 aliphatic rings. The van der Waals surface area contributed by atoms with Gasteiger partial charge < -0.3 is 14.9 Å². The average molecular weight is 304 g/mol. The smallest absolute Gasteiger partial charge is 0.407 e. The van der Waals surface area contributed by atoms with Crippen LogP contribution in [0.1, 0.15) is 61.8 Å². The van der Waals surface area contributed by atoms with E-state index in [-0.39, 0.29) is 6.04 Å². The summed E-state index contributed by atoms with van der Waals surface area (Å²) in [7, 11) is 4.10. The second-order valence-electron chi connectivity index (χ2n) is 6.80. The number of amides is 1. The van der Waals surface area contributed by atoms with E-state index in [1.165, 1.54) is 22.4 Å². The first-order chi connectivity index (χ1) is 10.3. The molecule has 0 spiro atoms. The van der Waals surface area contributed by atoms with Crippen molar-refractivity contribution < 1.29 is 9.90 Å². The molecule has 22 heavy (non-hydrogen) atoms. The Morgan fingerprint density at radius 3 is 2.55 bits per heavy atom. The van der Waals surface area contributed by atoms with E-state index >= 15 is 0 Å². The molecule has 2 rings (SSSR count). The lowest BCUT2D eigenvalue weighted by atomic mass is 9.86. The van der Waals surface area contributed by atoms with E-state index in [4.69, 9.17) is 0 Å². The zero-order valence-electron chi connectivity index (χ0n) is 14.4. The Balaban J connectivity index is 2.52. The van der Waals surface area contributed by atoms with Crippen LogP contribution in [0, 0.1) is 6.92 Å². The van der Waals surface area contributed by atoms with E-state index in [1.54, 1.807) is 4.90 Å². The van der Waals surface area contributed by atoms with Crippen molar-refractivity contribution in [2.45, 2.75) is 52.0 Å². The standard InChI is InChI=1S/C18H28N2O2/c1-12(2)14-11-17(19(4)5)13(3)10-15(14)16-8-6-7-9-20(16)18(21)22/h10-12,16H,6-9H2,1-5H3,(H,21,22). The third-order valence-corrected chi connectivity index (χ3v) is 4.61. The Morgan fingerprint density at radius 2 is 2.00 bits per heavy atom. The summed E-state index contributed by atoms with van der Waals surface area (Å²) in [6, 6.07) is 4.44. The van der Waals surface area contributed by atoms with Gasteiger partial charge in [0.25, 0.3) is 0 Å². The third kappa shape index (κ3) is 3.21. The molecular weight excluding hydrogens is 276 g/mol. The minimum atomic E-state index is -0.797. The van der Waals surface area contributed by atoms with Crippen LogP contribution in [0.5, 0.6) is 0 Å². The zero-order valence-corrected chi connectivity index (χ0v) is 14.4. The van der Waals surface area contributed by atoms with E-state index in [1.807, 2.05) is 0 Å². The minimum Gasteiger partial charge on any atom is -0.465 e. The van der Waals surface area contributed by atoms with E-state index in [0.717, 1.165) is 19.3 Å². The van der Waals surface area contributed by atoms with E-state index < -0.39 is 6.09 Å². The summed E-state index contributed by atoms with van der Waals surface area (Å²) in [5.74, 6) is 0.381. The summed E-state index contributed by atoms with van der Waals surface area (Å²) in [6.45, 7) is 7.12. The number of likely N-dealkylation sites (tertiary alicyclic amines) is 1. The molecule has 122 valence electrons. The van der Waals surface area contributed by atoms with Gasteiger partial charge in [-0.2, -0.15) is 0 Å². The van der Waals surface area contributed by atoms with Gasteiger partial charge in [-0.1, -0.05) is 19.9 Å². The molecule has 1 aromatic carbocycles. The van der Waals surface area contributed by atoms with Gasteiger partial charge in [0.1, 0.15) is 0 Å². The number of benzene rings is 1. The quantitative estimate of drug-likeness (QED) is 0.900. The van der Waals surface area contributed by atoms with Crippen LogP contribution in [0.25, 0.3) is 0 Å². The lowest BCUT2D eigenvalue weighted by Crippen LogP contribution is -2.38. The van der Waals surface area contributed by atoms with Gasteiger partial charge in [0.15, 0.2) is 0 Å². The van der Waals surface area contributed by atoms with Gasteiger partial charge in [-0.25, -0.2) is 4.79 Å². The molecule has 1 N–H and O–H groups in total. The summed E-state index contributed by atoms with van der Waals surface area (Å²) < 4.78 is 0. The zero-order chi connectivity index (χ0) is 16.4. The molecule has 4 heteroatoms. The minimum absolute atomic E-state index is 0.00133. The maximum absolute atomic E-state index is 11.6. The van der Waals surface area contributed by atoms with Crippen molar-refractivity contribution in [3.05, 3.63) is 28.8 Å². The summed E-state index contributed by atoms with van der Waals surface area (Å²) in [6.07, 6.45) is 2.19. The molecule has 1 amide bonds. The van der Waals surface area contributed by atoms with Crippen LogP contribution in [0.2, 0.25) is 0 Å². The van der Waals surface area contributed by atoms with Crippen LogP contribution >= 0.6 is 0 Å². The Bertz CT molecular complexity index is 552. The summed E-state index contributed by atoms with van der Waals surface area (Å²) in [5.41, 5.74) is 4.89. The Morgan fingerprint density at radius 1 is 1.32 bits per heavy atom. The van der Waals surface area contributed by atoms with Gasteiger partial charge in [0.05, 0.1) is 6.04 Å². The highest BCUT2D eigenvalue weighted by Gasteiger charge is 2.30. The van der Waals surface area contributed by atoms with Crippen molar-refractivity contribution in [3.63, 3.8) is 0 Å². The predicted octanol–water partition coefficient (Wildman–Crippen LogP) is 4.39. The fraction of sp³-hybridized carbons (Fsp3) is 0.611. The van der Waals surface area contributed by atoms with Gasteiger partial charge in [-0.15, -0.1) is 0 Å². The third-order valence-electron chi connectivity index (χ3n) is 4.61. The number of aryl methyl sites for hydroxylation is 1. The van der Waals surface area contributed by atoms with Crippen molar-refractivity contribution in [1.29, 1.82) is 0 Å². The molecule has 1 fully saturated rings. The number of anilines is 1. The van der Waals surface area contributed by atoms with Crippen molar-refractivity contribution >= 4 is 11.8 Å². The summed E-state index contributed by atoms with van der Waals surface area (Å²) in [5, 5.41) is 9.53. The normalized spacial score (nSPS) is 18.6. The van der Waals surface area contributed by atoms with Crippen molar-refractivity contribution in [1.82, 2.24) is 4.90 Å². The van der Waals surface area contributed by atoms with Gasteiger partial charge >= 0.3 is 6.09 Å². The molecule has 0 aromatic heterocycles. The molecule has 1 unspecified atom stereocenters. The lowest BCUT2D eigenvalue weighted by molar-refractivity contribution is 0.106. The number of piperidine rings is 1. The van der Waals surface area contributed by atoms with Crippen molar-refractivity contribution in [2.75, 3.05) is 25.5 Å². The summed E-state index contributed by atoms with van der Waals surface area (Å²) >= 11 is 0. The molecule has 0 radical (unpaired) electrons. The molecular formula is C18H28N2O2. The highest BCUT2D eigenvalue weighted by atomic mass is 16.4. The maximum atomic E-state index is 11.6. The molecule has 1 aliphatic heterocycles. The summed E-state index contributed by atoms with van der Waals surface area (Å²) in [4.78, 5) is 15.3. The molecule has 1 heterocycles. The van der Waals surface area contributed by atoms with Gasteiger partial charge in [0, 0.05) is 26.3 Å². The first-order valence-electron chi connectivity index (χ1n) is 8.14. The molecule has 1 saturated heterocycles. The molecule has 0 aliphatic carbocycles. The van der Waals surface area contributed by atoms with Crippen LogP contribution in [0.15, 0.2) is 12.1 Å². The molecule has 1 atom stereocenters. The topological polar surface area (TPSA) is 43.8 Å². The number of hydrogen-bond acceptors (Lipinski definition) is 2. The number of nitrogens with zero attached hydrogens (tertiary/aromatic N) is 2. The lowest BCUT2D eigenvalue weighted by Gasteiger charge is -2.36. The molecule has 1 aromatic rings. The molecule has 0 bridgehead atoms. The number of hydrogen-bond donors (Lipinski definition) is 1. The van der Waals surface area contributed by atoms with E-state index in [0.29, 0.717) is 12.5 Å².